The fourth-order valence-electron chi connectivity index (χ4n) is 4.71. The first-order valence-corrected chi connectivity index (χ1v) is 11.5. The van der Waals surface area contributed by atoms with Crippen LogP contribution in [0.3, 0.4) is 0 Å². The van der Waals surface area contributed by atoms with Crippen LogP contribution < -0.4 is 0 Å². The molecule has 2 aromatic rings. The third-order valence-electron chi connectivity index (χ3n) is 6.73. The lowest BCUT2D eigenvalue weighted by Gasteiger charge is -2.36. The topological polar surface area (TPSA) is 60.2 Å². The van der Waals surface area contributed by atoms with E-state index in [4.69, 9.17) is 10.2 Å². The number of thiazole rings is 1. The van der Waals surface area contributed by atoms with E-state index in [0.717, 1.165) is 44.9 Å². The van der Waals surface area contributed by atoms with Gasteiger partial charge in [-0.05, 0) is 49.9 Å². The Kier molecular flexibility index (Phi) is 5.11. The average Bonchev–Trinajstić information content (AvgIpc) is 3.31. The molecule has 3 heterocycles. The Balaban J connectivity index is 1.23. The number of carbonyl (C=O) groups excluding carboxylic acids is 1. The fourth-order valence-corrected chi connectivity index (χ4v) is 5.93. The number of likely N-dealkylation sites (tertiary alicyclic amines) is 1. The molecule has 0 N–H and O–H groups in total. The molecule has 1 saturated heterocycles. The summed E-state index contributed by atoms with van der Waals surface area (Å²) in [6.45, 7) is 3.85. The van der Waals surface area contributed by atoms with Crippen molar-refractivity contribution in [2.45, 2.75) is 50.5 Å². The fraction of sp³-hybridized carbons (Fsp3) is 0.522. The van der Waals surface area contributed by atoms with E-state index >= 15 is 0 Å². The predicted molar refractivity (Wildman–Crippen MR) is 113 cm³/mol. The predicted octanol–water partition coefficient (Wildman–Crippen LogP) is 3.60. The second kappa shape index (κ2) is 7.89. The number of benzene rings is 1. The van der Waals surface area contributed by atoms with Crippen LogP contribution in [0.25, 0.3) is 0 Å². The van der Waals surface area contributed by atoms with Crippen LogP contribution in [0.5, 0.6) is 0 Å². The van der Waals surface area contributed by atoms with Crippen molar-refractivity contribution < 1.29 is 4.79 Å². The zero-order chi connectivity index (χ0) is 19.8. The molecule has 1 atom stereocenters. The van der Waals surface area contributed by atoms with Gasteiger partial charge < -0.3 is 4.90 Å². The molecule has 1 saturated carbocycles. The Morgan fingerprint density at radius 2 is 1.90 bits per heavy atom. The summed E-state index contributed by atoms with van der Waals surface area (Å²) in [5.41, 5.74) is 2.56. The van der Waals surface area contributed by atoms with E-state index in [-0.39, 0.29) is 5.91 Å². The normalized spacial score (nSPS) is 22.6. The number of rotatable bonds is 3. The Morgan fingerprint density at radius 1 is 1.10 bits per heavy atom. The molecular formula is C23H26N4OS. The largest absolute Gasteiger partial charge is 0.338 e. The van der Waals surface area contributed by atoms with Crippen molar-refractivity contribution in [2.75, 3.05) is 26.2 Å². The van der Waals surface area contributed by atoms with Gasteiger partial charge in [-0.25, -0.2) is 4.98 Å². The molecule has 1 aromatic carbocycles. The minimum absolute atomic E-state index is 0.0613. The van der Waals surface area contributed by atoms with E-state index in [1.165, 1.54) is 41.4 Å². The van der Waals surface area contributed by atoms with Crippen LogP contribution in [-0.2, 0) is 12.8 Å². The number of hydrogen-bond acceptors (Lipinski definition) is 5. The van der Waals surface area contributed by atoms with Crippen molar-refractivity contribution in [3.63, 3.8) is 0 Å². The quantitative estimate of drug-likeness (QED) is 0.781. The molecule has 2 fully saturated rings. The maximum absolute atomic E-state index is 12.8. The number of amides is 1. The van der Waals surface area contributed by atoms with E-state index in [2.05, 4.69) is 11.0 Å². The van der Waals surface area contributed by atoms with Crippen molar-refractivity contribution in [3.05, 3.63) is 51.0 Å². The molecule has 6 heteroatoms. The van der Waals surface area contributed by atoms with Gasteiger partial charge in [0.15, 0.2) is 0 Å². The highest BCUT2D eigenvalue weighted by Gasteiger charge is 2.32. The Labute approximate surface area is 176 Å². The molecular weight excluding hydrogens is 380 g/mol. The van der Waals surface area contributed by atoms with Gasteiger partial charge in [-0.1, -0.05) is 6.42 Å². The third-order valence-corrected chi connectivity index (χ3v) is 8.05. The van der Waals surface area contributed by atoms with E-state index < -0.39 is 0 Å². The van der Waals surface area contributed by atoms with Gasteiger partial charge in [0.25, 0.3) is 5.91 Å². The first-order chi connectivity index (χ1) is 14.2. The Bertz CT molecular complexity index is 915. The smallest absolute Gasteiger partial charge is 0.253 e. The second-order valence-corrected chi connectivity index (χ2v) is 9.58. The summed E-state index contributed by atoms with van der Waals surface area (Å²) in [5.74, 6) is 0.420. The van der Waals surface area contributed by atoms with Gasteiger partial charge in [0.2, 0.25) is 0 Å². The van der Waals surface area contributed by atoms with Crippen LogP contribution in [0.1, 0.15) is 63.1 Å². The standard InChI is InChI=1S/C23H26N4OS/c24-14-16-4-6-17(7-5-16)23(28)27-11-8-18(15-27)22-25-20-9-12-26(19-2-1-3-19)13-10-21(20)29-22/h4-7,18-19H,1-3,8-13,15H2. The third kappa shape index (κ3) is 3.70. The molecule has 3 aliphatic rings. The van der Waals surface area contributed by atoms with Gasteiger partial charge in [0.1, 0.15) is 0 Å². The second-order valence-electron chi connectivity index (χ2n) is 8.47. The zero-order valence-corrected chi connectivity index (χ0v) is 17.5. The first kappa shape index (κ1) is 18.8. The maximum Gasteiger partial charge on any atom is 0.253 e. The Morgan fingerprint density at radius 3 is 2.62 bits per heavy atom. The van der Waals surface area contributed by atoms with Crippen LogP contribution in [0.2, 0.25) is 0 Å². The lowest BCUT2D eigenvalue weighted by molar-refractivity contribution is 0.0791. The van der Waals surface area contributed by atoms with Gasteiger partial charge >= 0.3 is 0 Å². The monoisotopic (exact) mass is 406 g/mol. The van der Waals surface area contributed by atoms with Gasteiger partial charge in [-0.2, -0.15) is 5.26 Å². The molecule has 1 aliphatic carbocycles. The van der Waals surface area contributed by atoms with E-state index in [1.807, 2.05) is 16.2 Å². The molecule has 1 amide bonds. The van der Waals surface area contributed by atoms with Crippen LogP contribution in [0.4, 0.5) is 0 Å². The summed E-state index contributed by atoms with van der Waals surface area (Å²) in [6.07, 6.45) is 7.33. The van der Waals surface area contributed by atoms with Crippen LogP contribution in [0, 0.1) is 11.3 Å². The number of nitrogens with zero attached hydrogens (tertiary/aromatic N) is 4. The first-order valence-electron chi connectivity index (χ1n) is 10.7. The SMILES string of the molecule is N#Cc1ccc(C(=O)N2CCC(c3nc4c(s3)CCN(C3CCC3)CC4)C2)cc1. The van der Waals surface area contributed by atoms with Crippen molar-refractivity contribution >= 4 is 17.2 Å². The summed E-state index contributed by atoms with van der Waals surface area (Å²) in [6, 6.07) is 9.86. The molecule has 5 nitrogen and oxygen atoms in total. The lowest BCUT2D eigenvalue weighted by atomic mass is 9.91. The molecule has 150 valence electrons. The number of fused-ring (bicyclic) bond motifs is 1. The van der Waals surface area contributed by atoms with Gasteiger partial charge in [-0.3, -0.25) is 9.69 Å². The molecule has 29 heavy (non-hydrogen) atoms. The summed E-state index contributed by atoms with van der Waals surface area (Å²) in [7, 11) is 0. The number of hydrogen-bond donors (Lipinski definition) is 0. The summed E-state index contributed by atoms with van der Waals surface area (Å²) in [4.78, 5) is 23.9. The number of aromatic nitrogens is 1. The van der Waals surface area contributed by atoms with Crippen LogP contribution in [0.15, 0.2) is 24.3 Å². The summed E-state index contributed by atoms with van der Waals surface area (Å²) in [5, 5.41) is 10.2. The van der Waals surface area contributed by atoms with Crippen molar-refractivity contribution in [1.82, 2.24) is 14.8 Å². The van der Waals surface area contributed by atoms with E-state index in [0.29, 0.717) is 17.0 Å². The Hall–Kier alpha value is -2.23. The van der Waals surface area contributed by atoms with Crippen molar-refractivity contribution in [2.24, 2.45) is 0 Å². The molecule has 0 bridgehead atoms. The van der Waals surface area contributed by atoms with E-state index in [1.54, 1.807) is 24.3 Å². The molecule has 1 aromatic heterocycles. The molecule has 2 aliphatic heterocycles. The summed E-state index contributed by atoms with van der Waals surface area (Å²) >= 11 is 1.89. The van der Waals surface area contributed by atoms with E-state index in [9.17, 15) is 4.79 Å². The van der Waals surface area contributed by atoms with Crippen molar-refractivity contribution in [1.29, 1.82) is 5.26 Å². The minimum Gasteiger partial charge on any atom is -0.338 e. The maximum atomic E-state index is 12.8. The lowest BCUT2D eigenvalue weighted by Crippen LogP contribution is -2.41. The molecule has 0 spiro atoms. The number of carbonyl (C=O) groups is 1. The zero-order valence-electron chi connectivity index (χ0n) is 16.6. The highest BCUT2D eigenvalue weighted by molar-refractivity contribution is 7.11. The molecule has 1 unspecified atom stereocenters. The minimum atomic E-state index is 0.0613. The van der Waals surface area contributed by atoms with Crippen LogP contribution >= 0.6 is 11.3 Å². The van der Waals surface area contributed by atoms with Gasteiger partial charge in [0.05, 0.1) is 22.3 Å². The van der Waals surface area contributed by atoms with Gasteiger partial charge in [0, 0.05) is 55.0 Å². The van der Waals surface area contributed by atoms with Gasteiger partial charge in [-0.15, -0.1) is 11.3 Å². The average molecular weight is 407 g/mol. The number of nitriles is 1. The highest BCUT2D eigenvalue weighted by atomic mass is 32.1. The van der Waals surface area contributed by atoms with Crippen LogP contribution in [-0.4, -0.2) is 52.9 Å². The summed E-state index contributed by atoms with van der Waals surface area (Å²) < 4.78 is 0. The molecule has 5 rings (SSSR count). The molecule has 0 radical (unpaired) electrons. The van der Waals surface area contributed by atoms with Crippen molar-refractivity contribution in [3.8, 4) is 6.07 Å². The highest BCUT2D eigenvalue weighted by Crippen LogP contribution is 2.35.